The zero-order valence-corrected chi connectivity index (χ0v) is 5.59. The third-order valence-corrected chi connectivity index (χ3v) is 1.50. The van der Waals surface area contributed by atoms with Crippen LogP contribution in [-0.4, -0.2) is 37.6 Å². The summed E-state index contributed by atoms with van der Waals surface area (Å²) >= 11 is 0. The van der Waals surface area contributed by atoms with Gasteiger partial charge in [0.1, 0.15) is 5.60 Å². The predicted octanol–water partition coefficient (Wildman–Crippen LogP) is -0.216. The van der Waals surface area contributed by atoms with Crippen LogP contribution in [0.5, 0.6) is 0 Å². The summed E-state index contributed by atoms with van der Waals surface area (Å²) in [5, 5.41) is 9.44. The van der Waals surface area contributed by atoms with E-state index in [1.165, 1.54) is 0 Å². The molecule has 0 aromatic rings. The minimum Gasteiger partial charge on any atom is -0.385 e. The van der Waals surface area contributed by atoms with Crippen molar-refractivity contribution in [2.75, 3.05) is 26.9 Å². The molecule has 1 aliphatic heterocycles. The number of aliphatic hydroxyl groups is 1. The molecule has 1 aliphatic rings. The Morgan fingerprint density at radius 2 is 2.56 bits per heavy atom. The van der Waals surface area contributed by atoms with E-state index < -0.39 is 5.60 Å². The average Bonchev–Trinajstić information content (AvgIpc) is 2.16. The van der Waals surface area contributed by atoms with E-state index in [0.717, 1.165) is 0 Å². The molecule has 3 heteroatoms. The van der Waals surface area contributed by atoms with E-state index in [4.69, 9.17) is 9.47 Å². The maximum Gasteiger partial charge on any atom is 0.113 e. The summed E-state index contributed by atoms with van der Waals surface area (Å²) < 4.78 is 9.78. The van der Waals surface area contributed by atoms with Crippen molar-refractivity contribution in [3.8, 4) is 0 Å². The van der Waals surface area contributed by atoms with Crippen molar-refractivity contribution in [1.82, 2.24) is 0 Å². The molecule has 0 spiro atoms. The lowest BCUT2D eigenvalue weighted by Crippen LogP contribution is -2.34. The molecule has 1 atom stereocenters. The molecule has 0 saturated carbocycles. The third kappa shape index (κ3) is 1.64. The standard InChI is InChI=1S/C6H12O3/c1-8-4-6(7)2-3-9-5-6/h7H,2-5H2,1H3. The lowest BCUT2D eigenvalue weighted by molar-refractivity contribution is -0.0350. The molecule has 3 nitrogen and oxygen atoms in total. The Morgan fingerprint density at radius 3 is 3.00 bits per heavy atom. The summed E-state index contributed by atoms with van der Waals surface area (Å²) in [6.45, 7) is 1.45. The smallest absolute Gasteiger partial charge is 0.113 e. The number of rotatable bonds is 2. The molecular weight excluding hydrogens is 120 g/mol. The maximum atomic E-state index is 9.44. The molecule has 0 radical (unpaired) electrons. The molecular formula is C6H12O3. The summed E-state index contributed by atoms with van der Waals surface area (Å²) in [5.74, 6) is 0. The Labute approximate surface area is 54.6 Å². The highest BCUT2D eigenvalue weighted by molar-refractivity contribution is 4.81. The lowest BCUT2D eigenvalue weighted by Gasteiger charge is -2.17. The topological polar surface area (TPSA) is 38.7 Å². The van der Waals surface area contributed by atoms with Gasteiger partial charge >= 0.3 is 0 Å². The van der Waals surface area contributed by atoms with Crippen molar-refractivity contribution < 1.29 is 14.6 Å². The Hall–Kier alpha value is -0.120. The molecule has 0 aromatic heterocycles. The van der Waals surface area contributed by atoms with Gasteiger partial charge in [0, 0.05) is 20.1 Å². The van der Waals surface area contributed by atoms with Crippen LogP contribution in [0.15, 0.2) is 0 Å². The summed E-state index contributed by atoms with van der Waals surface area (Å²) in [5.41, 5.74) is -0.700. The normalized spacial score (nSPS) is 35.3. The van der Waals surface area contributed by atoms with E-state index in [-0.39, 0.29) is 0 Å². The van der Waals surface area contributed by atoms with Gasteiger partial charge in [-0.15, -0.1) is 0 Å². The van der Waals surface area contributed by atoms with Crippen molar-refractivity contribution in [1.29, 1.82) is 0 Å². The van der Waals surface area contributed by atoms with Crippen molar-refractivity contribution >= 4 is 0 Å². The first-order chi connectivity index (χ1) is 4.27. The number of ether oxygens (including phenoxy) is 2. The average molecular weight is 132 g/mol. The van der Waals surface area contributed by atoms with Gasteiger partial charge in [-0.25, -0.2) is 0 Å². The van der Waals surface area contributed by atoms with Crippen LogP contribution in [0.25, 0.3) is 0 Å². The zero-order chi connectivity index (χ0) is 6.74. The number of hydrogen-bond acceptors (Lipinski definition) is 3. The fraction of sp³-hybridized carbons (Fsp3) is 1.00. The van der Waals surface area contributed by atoms with Gasteiger partial charge in [-0.05, 0) is 0 Å². The summed E-state index contributed by atoms with van der Waals surface area (Å²) in [6.07, 6.45) is 0.695. The summed E-state index contributed by atoms with van der Waals surface area (Å²) in [7, 11) is 1.58. The van der Waals surface area contributed by atoms with Gasteiger partial charge in [0.15, 0.2) is 0 Å². The van der Waals surface area contributed by atoms with E-state index in [1.807, 2.05) is 0 Å². The molecule has 1 unspecified atom stereocenters. The van der Waals surface area contributed by atoms with Crippen LogP contribution >= 0.6 is 0 Å². The molecule has 1 N–H and O–H groups in total. The number of hydrogen-bond donors (Lipinski definition) is 1. The van der Waals surface area contributed by atoms with Gasteiger partial charge in [0.2, 0.25) is 0 Å². The number of methoxy groups -OCH3 is 1. The van der Waals surface area contributed by atoms with Crippen molar-refractivity contribution in [3.05, 3.63) is 0 Å². The van der Waals surface area contributed by atoms with Crippen molar-refractivity contribution in [2.24, 2.45) is 0 Å². The summed E-state index contributed by atoms with van der Waals surface area (Å²) in [6, 6.07) is 0. The molecule has 0 bridgehead atoms. The highest BCUT2D eigenvalue weighted by Crippen LogP contribution is 2.17. The van der Waals surface area contributed by atoms with E-state index >= 15 is 0 Å². The first-order valence-electron chi connectivity index (χ1n) is 3.06. The Kier molecular flexibility index (Phi) is 2.05. The van der Waals surface area contributed by atoms with Crippen LogP contribution in [0.2, 0.25) is 0 Å². The summed E-state index contributed by atoms with van der Waals surface area (Å²) in [4.78, 5) is 0. The van der Waals surface area contributed by atoms with E-state index in [0.29, 0.717) is 26.2 Å². The Bertz CT molecular complexity index is 86.3. The predicted molar refractivity (Wildman–Crippen MR) is 32.3 cm³/mol. The molecule has 0 aromatic carbocycles. The molecule has 0 amide bonds. The first-order valence-corrected chi connectivity index (χ1v) is 3.06. The van der Waals surface area contributed by atoms with E-state index in [2.05, 4.69) is 0 Å². The lowest BCUT2D eigenvalue weighted by atomic mass is 10.1. The SMILES string of the molecule is COCC1(O)CCOC1. The minimum absolute atomic E-state index is 0.382. The monoisotopic (exact) mass is 132 g/mol. The van der Waals surface area contributed by atoms with Gasteiger partial charge in [-0.1, -0.05) is 0 Å². The fourth-order valence-electron chi connectivity index (χ4n) is 0.979. The van der Waals surface area contributed by atoms with Crippen molar-refractivity contribution in [2.45, 2.75) is 12.0 Å². The largest absolute Gasteiger partial charge is 0.385 e. The molecule has 1 fully saturated rings. The molecule has 1 rings (SSSR count). The van der Waals surface area contributed by atoms with Crippen molar-refractivity contribution in [3.63, 3.8) is 0 Å². The van der Waals surface area contributed by atoms with Gasteiger partial charge in [-0.2, -0.15) is 0 Å². The second kappa shape index (κ2) is 2.64. The zero-order valence-electron chi connectivity index (χ0n) is 5.59. The molecule has 9 heavy (non-hydrogen) atoms. The molecule has 1 heterocycles. The molecule has 1 saturated heterocycles. The van der Waals surface area contributed by atoms with E-state index in [1.54, 1.807) is 7.11 Å². The van der Waals surface area contributed by atoms with Gasteiger partial charge in [0.05, 0.1) is 13.2 Å². The van der Waals surface area contributed by atoms with Gasteiger partial charge in [0.25, 0.3) is 0 Å². The second-order valence-electron chi connectivity index (χ2n) is 2.46. The first kappa shape index (κ1) is 6.99. The van der Waals surface area contributed by atoms with Gasteiger partial charge < -0.3 is 14.6 Å². The minimum atomic E-state index is -0.700. The van der Waals surface area contributed by atoms with Gasteiger partial charge in [-0.3, -0.25) is 0 Å². The molecule has 0 aliphatic carbocycles. The van der Waals surface area contributed by atoms with Crippen LogP contribution < -0.4 is 0 Å². The van der Waals surface area contributed by atoms with Crippen LogP contribution in [-0.2, 0) is 9.47 Å². The fourth-order valence-corrected chi connectivity index (χ4v) is 0.979. The maximum absolute atomic E-state index is 9.44. The van der Waals surface area contributed by atoms with Crippen LogP contribution in [0.4, 0.5) is 0 Å². The second-order valence-corrected chi connectivity index (χ2v) is 2.46. The highest BCUT2D eigenvalue weighted by atomic mass is 16.5. The Balaban J connectivity index is 2.32. The Morgan fingerprint density at radius 1 is 1.78 bits per heavy atom. The van der Waals surface area contributed by atoms with Crippen LogP contribution in [0, 0.1) is 0 Å². The molecule has 54 valence electrons. The van der Waals surface area contributed by atoms with Crippen LogP contribution in [0.3, 0.4) is 0 Å². The third-order valence-electron chi connectivity index (χ3n) is 1.50. The van der Waals surface area contributed by atoms with E-state index in [9.17, 15) is 5.11 Å². The highest BCUT2D eigenvalue weighted by Gasteiger charge is 2.31. The quantitative estimate of drug-likeness (QED) is 0.564. The van der Waals surface area contributed by atoms with Crippen LogP contribution in [0.1, 0.15) is 6.42 Å².